The molecular weight excluding hydrogens is 488 g/mol. The van der Waals surface area contributed by atoms with Gasteiger partial charge in [0.15, 0.2) is 12.6 Å². The Hall–Kier alpha value is -0.700. The summed E-state index contributed by atoms with van der Waals surface area (Å²) in [5, 5.41) is 69.8. The van der Waals surface area contributed by atoms with Crippen molar-refractivity contribution < 1.29 is 54.7 Å². The van der Waals surface area contributed by atoms with Crippen LogP contribution in [-0.4, -0.2) is 116 Å². The maximum Gasteiger partial charge on any atom is 0.186 e. The summed E-state index contributed by atoms with van der Waals surface area (Å²) in [5.41, 5.74) is 2.22. The molecule has 0 aromatic rings. The molecule has 11 heteroatoms. The quantitative estimate of drug-likeness (QED) is 0.191. The molecule has 0 radical (unpaired) electrons. The third kappa shape index (κ3) is 6.90. The van der Waals surface area contributed by atoms with Gasteiger partial charge in [-0.3, -0.25) is 0 Å². The van der Waals surface area contributed by atoms with Gasteiger partial charge >= 0.3 is 0 Å². The van der Waals surface area contributed by atoms with Gasteiger partial charge < -0.3 is 54.7 Å². The number of hydrogen-bond donors (Lipinski definition) is 7. The second-order valence-corrected chi connectivity index (χ2v) is 11.6. The van der Waals surface area contributed by atoms with Crippen LogP contribution in [0.3, 0.4) is 0 Å². The average Bonchev–Trinajstić information content (AvgIpc) is 2.83. The molecule has 11 nitrogen and oxygen atoms in total. The van der Waals surface area contributed by atoms with E-state index >= 15 is 0 Å². The third-order valence-corrected chi connectivity index (χ3v) is 8.17. The number of aliphatic hydroxyl groups excluding tert-OH is 7. The lowest BCUT2D eigenvalue weighted by Crippen LogP contribution is -2.59. The van der Waals surface area contributed by atoms with Gasteiger partial charge in [0, 0.05) is 5.92 Å². The molecule has 0 saturated carbocycles. The largest absolute Gasteiger partial charge is 0.394 e. The molecule has 0 aromatic heterocycles. The van der Waals surface area contributed by atoms with Crippen LogP contribution in [-0.2, 0) is 18.9 Å². The summed E-state index contributed by atoms with van der Waals surface area (Å²) in [6.45, 7) is 8.99. The highest BCUT2D eigenvalue weighted by Gasteiger charge is 2.46. The lowest BCUT2D eigenvalue weighted by atomic mass is 9.70. The van der Waals surface area contributed by atoms with E-state index in [9.17, 15) is 35.7 Å². The minimum absolute atomic E-state index is 0.206. The highest BCUT2D eigenvalue weighted by atomic mass is 16.7. The molecule has 3 rings (SSSR count). The van der Waals surface area contributed by atoms with Gasteiger partial charge in [-0.25, -0.2) is 0 Å². The van der Waals surface area contributed by atoms with E-state index in [0.717, 1.165) is 6.42 Å². The number of allylic oxidation sites excluding steroid dienone is 1. The Bertz CT molecular complexity index is 770. The summed E-state index contributed by atoms with van der Waals surface area (Å²) in [6, 6.07) is 0. The highest BCUT2D eigenvalue weighted by Crippen LogP contribution is 2.44. The SMILES string of the molecule is CC1=C(CCC(C)OC2OC(CO)C(O)C(O)C2O)C(C)(C)CC(OC2OC(CO)C(O)C(C)C2O)C1. The molecule has 0 amide bonds. The molecule has 12 atom stereocenters. The summed E-state index contributed by atoms with van der Waals surface area (Å²) in [6.07, 6.45) is -8.09. The zero-order valence-corrected chi connectivity index (χ0v) is 22.4. The van der Waals surface area contributed by atoms with E-state index in [4.69, 9.17) is 18.9 Å². The minimum atomic E-state index is -1.48. The van der Waals surface area contributed by atoms with Crippen molar-refractivity contribution >= 4 is 0 Å². The van der Waals surface area contributed by atoms with E-state index in [1.807, 2.05) is 6.92 Å². The Morgan fingerprint density at radius 3 is 2.08 bits per heavy atom. The maximum atomic E-state index is 10.6. The lowest BCUT2D eigenvalue weighted by molar-refractivity contribution is -0.310. The fourth-order valence-electron chi connectivity index (χ4n) is 5.85. The summed E-state index contributed by atoms with van der Waals surface area (Å²) in [4.78, 5) is 0. The molecule has 1 aliphatic carbocycles. The highest BCUT2D eigenvalue weighted by molar-refractivity contribution is 5.24. The molecule has 12 unspecified atom stereocenters. The molecular formula is C26H46O11. The molecule has 2 aliphatic heterocycles. The second kappa shape index (κ2) is 12.6. The van der Waals surface area contributed by atoms with Crippen molar-refractivity contribution in [2.24, 2.45) is 11.3 Å². The van der Waals surface area contributed by atoms with Crippen LogP contribution in [0.4, 0.5) is 0 Å². The first kappa shape index (κ1) is 30.8. The lowest BCUT2D eigenvalue weighted by Gasteiger charge is -2.45. The second-order valence-electron chi connectivity index (χ2n) is 11.6. The number of aliphatic hydroxyl groups is 7. The van der Waals surface area contributed by atoms with Crippen LogP contribution in [0.5, 0.6) is 0 Å². The molecule has 2 saturated heterocycles. The van der Waals surface area contributed by atoms with E-state index < -0.39 is 67.8 Å². The van der Waals surface area contributed by atoms with Crippen molar-refractivity contribution in [1.29, 1.82) is 0 Å². The molecule has 0 bridgehead atoms. The van der Waals surface area contributed by atoms with Gasteiger partial charge in [0.1, 0.15) is 36.6 Å². The van der Waals surface area contributed by atoms with Crippen LogP contribution < -0.4 is 0 Å². The standard InChI is InChI=1S/C26H46O11/c1-12-8-15(35-24-20(30)14(3)19(29)17(10-27)36-24)9-26(4,5)16(12)7-6-13(2)34-25-23(33)22(32)21(31)18(11-28)37-25/h13-15,17-25,27-33H,6-11H2,1-5H3. The van der Waals surface area contributed by atoms with Crippen molar-refractivity contribution in [3.8, 4) is 0 Å². The predicted octanol–water partition coefficient (Wildman–Crippen LogP) is -0.432. The topological polar surface area (TPSA) is 179 Å². The molecule has 0 spiro atoms. The van der Waals surface area contributed by atoms with Crippen molar-refractivity contribution in [3.05, 3.63) is 11.1 Å². The minimum Gasteiger partial charge on any atom is -0.394 e. The monoisotopic (exact) mass is 534 g/mol. The van der Waals surface area contributed by atoms with Gasteiger partial charge in [-0.15, -0.1) is 0 Å². The van der Waals surface area contributed by atoms with Crippen molar-refractivity contribution in [2.75, 3.05) is 13.2 Å². The van der Waals surface area contributed by atoms with Gasteiger partial charge in [-0.1, -0.05) is 31.9 Å². The Kier molecular flexibility index (Phi) is 10.5. The predicted molar refractivity (Wildman–Crippen MR) is 131 cm³/mol. The fraction of sp³-hybridized carbons (Fsp3) is 0.923. The molecule has 7 N–H and O–H groups in total. The number of ether oxygens (including phenoxy) is 4. The van der Waals surface area contributed by atoms with Crippen LogP contribution >= 0.6 is 0 Å². The first-order valence-electron chi connectivity index (χ1n) is 13.2. The Morgan fingerprint density at radius 2 is 1.49 bits per heavy atom. The Morgan fingerprint density at radius 1 is 0.892 bits per heavy atom. The zero-order valence-electron chi connectivity index (χ0n) is 22.4. The van der Waals surface area contributed by atoms with E-state index in [0.29, 0.717) is 19.3 Å². The van der Waals surface area contributed by atoms with Gasteiger partial charge in [0.05, 0.1) is 31.5 Å². The number of rotatable bonds is 9. The molecule has 2 heterocycles. The summed E-state index contributed by atoms with van der Waals surface area (Å²) < 4.78 is 23.1. The maximum absolute atomic E-state index is 10.6. The van der Waals surface area contributed by atoms with E-state index in [-0.39, 0.29) is 24.2 Å². The van der Waals surface area contributed by atoms with E-state index in [2.05, 4.69) is 20.8 Å². The first-order valence-corrected chi connectivity index (χ1v) is 13.2. The molecule has 3 aliphatic rings. The normalized spacial score (nSPS) is 43.6. The van der Waals surface area contributed by atoms with E-state index in [1.54, 1.807) is 6.92 Å². The van der Waals surface area contributed by atoms with Crippen LogP contribution in [0.25, 0.3) is 0 Å². The van der Waals surface area contributed by atoms with Crippen LogP contribution in [0.15, 0.2) is 11.1 Å². The molecule has 2 fully saturated rings. The molecule has 0 aromatic carbocycles. The van der Waals surface area contributed by atoms with E-state index in [1.165, 1.54) is 11.1 Å². The smallest absolute Gasteiger partial charge is 0.186 e. The van der Waals surface area contributed by atoms with Gasteiger partial charge in [-0.2, -0.15) is 0 Å². The van der Waals surface area contributed by atoms with Gasteiger partial charge in [-0.05, 0) is 44.9 Å². The van der Waals surface area contributed by atoms with Gasteiger partial charge in [0.25, 0.3) is 0 Å². The van der Waals surface area contributed by atoms with Crippen molar-refractivity contribution in [2.45, 2.75) is 128 Å². The van der Waals surface area contributed by atoms with Crippen LogP contribution in [0, 0.1) is 11.3 Å². The third-order valence-electron chi connectivity index (χ3n) is 8.17. The van der Waals surface area contributed by atoms with Crippen LogP contribution in [0.2, 0.25) is 0 Å². The number of hydrogen-bond acceptors (Lipinski definition) is 11. The van der Waals surface area contributed by atoms with Crippen LogP contribution in [0.1, 0.15) is 60.3 Å². The summed E-state index contributed by atoms with van der Waals surface area (Å²) in [5.74, 6) is -0.495. The molecule has 37 heavy (non-hydrogen) atoms. The average molecular weight is 535 g/mol. The van der Waals surface area contributed by atoms with Gasteiger partial charge in [0.2, 0.25) is 0 Å². The Labute approximate surface area is 218 Å². The molecule has 216 valence electrons. The zero-order chi connectivity index (χ0) is 27.7. The van der Waals surface area contributed by atoms with Crippen molar-refractivity contribution in [1.82, 2.24) is 0 Å². The first-order chi connectivity index (χ1) is 17.3. The summed E-state index contributed by atoms with van der Waals surface area (Å²) >= 11 is 0. The fourth-order valence-corrected chi connectivity index (χ4v) is 5.85. The van der Waals surface area contributed by atoms with Crippen molar-refractivity contribution in [3.63, 3.8) is 0 Å². The summed E-state index contributed by atoms with van der Waals surface area (Å²) in [7, 11) is 0. The Balaban J connectivity index is 1.58.